The number of benzene rings is 1. The molecular formula is C9H6ClNO3S. The molecule has 0 aromatic heterocycles. The third-order valence-corrected chi connectivity index (χ3v) is 3.37. The zero-order valence-electron chi connectivity index (χ0n) is 7.69. The highest BCUT2D eigenvalue weighted by Gasteiger charge is 2.20. The number of carbonyl (C=O) groups is 1. The van der Waals surface area contributed by atoms with Gasteiger partial charge < -0.3 is 0 Å². The first kappa shape index (κ1) is 11.7. The minimum atomic E-state index is -4.02. The molecule has 0 saturated heterocycles. The van der Waals surface area contributed by atoms with E-state index in [1.807, 2.05) is 0 Å². The van der Waals surface area contributed by atoms with Gasteiger partial charge in [-0.25, -0.2) is 8.42 Å². The van der Waals surface area contributed by atoms with Crippen LogP contribution in [0, 0.1) is 18.3 Å². The van der Waals surface area contributed by atoms with Crippen molar-refractivity contribution in [1.29, 1.82) is 5.26 Å². The van der Waals surface area contributed by atoms with Crippen LogP contribution in [0.15, 0.2) is 17.0 Å². The molecule has 1 aromatic rings. The number of carbonyl (C=O) groups excluding carboxylic acids is 1. The highest BCUT2D eigenvalue weighted by atomic mass is 35.7. The molecule has 0 aliphatic carbocycles. The molecule has 0 atom stereocenters. The van der Waals surface area contributed by atoms with Crippen molar-refractivity contribution in [2.75, 3.05) is 0 Å². The number of rotatable bonds is 2. The maximum atomic E-state index is 11.2. The lowest BCUT2D eigenvalue weighted by Gasteiger charge is -2.05. The fourth-order valence-corrected chi connectivity index (χ4v) is 2.73. The van der Waals surface area contributed by atoms with E-state index < -0.39 is 9.05 Å². The Bertz CT molecular complexity index is 557. The molecule has 15 heavy (non-hydrogen) atoms. The first-order valence-corrected chi connectivity index (χ1v) is 6.16. The molecule has 0 amide bonds. The van der Waals surface area contributed by atoms with E-state index in [9.17, 15) is 13.2 Å². The number of hydrogen-bond donors (Lipinski definition) is 0. The second kappa shape index (κ2) is 4.01. The number of nitriles is 1. The SMILES string of the molecule is Cc1ccc(C#N)c(C=O)c1S(=O)(=O)Cl. The first-order chi connectivity index (χ1) is 6.91. The van der Waals surface area contributed by atoms with Crippen molar-refractivity contribution < 1.29 is 13.2 Å². The second-order valence-corrected chi connectivity index (χ2v) is 5.34. The molecule has 0 heterocycles. The van der Waals surface area contributed by atoms with Crippen LogP contribution < -0.4 is 0 Å². The average Bonchev–Trinajstić information content (AvgIpc) is 2.15. The van der Waals surface area contributed by atoms with Gasteiger partial charge in [-0.2, -0.15) is 5.26 Å². The summed E-state index contributed by atoms with van der Waals surface area (Å²) in [5, 5.41) is 8.68. The summed E-state index contributed by atoms with van der Waals surface area (Å²) < 4.78 is 22.4. The molecule has 6 heteroatoms. The van der Waals surface area contributed by atoms with E-state index in [2.05, 4.69) is 0 Å². The standard InChI is InChI=1S/C9H6ClNO3S/c1-6-2-3-7(4-11)8(5-12)9(6)15(10,13)14/h2-3,5H,1H3. The Morgan fingerprint density at radius 1 is 1.47 bits per heavy atom. The van der Waals surface area contributed by atoms with Gasteiger partial charge >= 0.3 is 0 Å². The van der Waals surface area contributed by atoms with Crippen molar-refractivity contribution in [3.8, 4) is 6.07 Å². The Balaban J connectivity index is 3.78. The largest absolute Gasteiger partial charge is 0.298 e. The molecule has 78 valence electrons. The van der Waals surface area contributed by atoms with Crippen LogP contribution in [0.25, 0.3) is 0 Å². The van der Waals surface area contributed by atoms with Crippen LogP contribution in [0.2, 0.25) is 0 Å². The van der Waals surface area contributed by atoms with Crippen LogP contribution in [0.3, 0.4) is 0 Å². The maximum Gasteiger partial charge on any atom is 0.262 e. The van der Waals surface area contributed by atoms with Crippen LogP contribution in [-0.2, 0) is 9.05 Å². The van der Waals surface area contributed by atoms with Crippen LogP contribution in [0.1, 0.15) is 21.5 Å². The van der Waals surface area contributed by atoms with Crippen molar-refractivity contribution in [2.24, 2.45) is 0 Å². The van der Waals surface area contributed by atoms with Gasteiger partial charge in [0.15, 0.2) is 6.29 Å². The fraction of sp³-hybridized carbons (Fsp3) is 0.111. The van der Waals surface area contributed by atoms with Crippen molar-refractivity contribution >= 4 is 26.0 Å². The van der Waals surface area contributed by atoms with Gasteiger partial charge in [0.1, 0.15) is 0 Å². The first-order valence-electron chi connectivity index (χ1n) is 3.85. The van der Waals surface area contributed by atoms with Gasteiger partial charge in [0.25, 0.3) is 9.05 Å². The minimum Gasteiger partial charge on any atom is -0.298 e. The van der Waals surface area contributed by atoms with Gasteiger partial charge in [0.2, 0.25) is 0 Å². The van der Waals surface area contributed by atoms with Crippen LogP contribution in [0.5, 0.6) is 0 Å². The molecule has 0 spiro atoms. The Labute approximate surface area is 91.5 Å². The third kappa shape index (κ3) is 2.17. The summed E-state index contributed by atoms with van der Waals surface area (Å²) >= 11 is 0. The summed E-state index contributed by atoms with van der Waals surface area (Å²) in [5.41, 5.74) is 0.147. The summed E-state index contributed by atoms with van der Waals surface area (Å²) in [6, 6.07) is 4.54. The van der Waals surface area contributed by atoms with E-state index in [1.54, 1.807) is 6.07 Å². The minimum absolute atomic E-state index is 0.00479. The molecule has 0 bridgehead atoms. The van der Waals surface area contributed by atoms with E-state index in [0.29, 0.717) is 11.8 Å². The summed E-state index contributed by atoms with van der Waals surface area (Å²) in [5.74, 6) is 0. The highest BCUT2D eigenvalue weighted by Crippen LogP contribution is 2.25. The van der Waals surface area contributed by atoms with E-state index in [4.69, 9.17) is 15.9 Å². The summed E-state index contributed by atoms with van der Waals surface area (Å²) in [6.07, 6.45) is 0.320. The van der Waals surface area contributed by atoms with Crippen molar-refractivity contribution in [3.63, 3.8) is 0 Å². The molecule has 1 rings (SSSR count). The number of nitrogens with zero attached hydrogens (tertiary/aromatic N) is 1. The van der Waals surface area contributed by atoms with Gasteiger partial charge in [0, 0.05) is 10.7 Å². The lowest BCUT2D eigenvalue weighted by molar-refractivity contribution is 0.112. The topological polar surface area (TPSA) is 75.0 Å². The fourth-order valence-electron chi connectivity index (χ4n) is 1.25. The van der Waals surface area contributed by atoms with Crippen LogP contribution in [-0.4, -0.2) is 14.7 Å². The van der Waals surface area contributed by atoms with Gasteiger partial charge in [-0.05, 0) is 18.6 Å². The van der Waals surface area contributed by atoms with E-state index in [0.717, 1.165) is 0 Å². The summed E-state index contributed by atoms with van der Waals surface area (Å²) in [4.78, 5) is 10.4. The Morgan fingerprint density at radius 2 is 2.07 bits per heavy atom. The zero-order chi connectivity index (χ0) is 11.6. The Hall–Kier alpha value is -1.38. The van der Waals surface area contributed by atoms with Gasteiger partial charge in [0.05, 0.1) is 22.1 Å². The summed E-state index contributed by atoms with van der Waals surface area (Å²) in [6.45, 7) is 1.50. The summed E-state index contributed by atoms with van der Waals surface area (Å²) in [7, 11) is 1.16. The van der Waals surface area contributed by atoms with Crippen molar-refractivity contribution in [1.82, 2.24) is 0 Å². The predicted octanol–water partition coefficient (Wildman–Crippen LogP) is 1.61. The predicted molar refractivity (Wildman–Crippen MR) is 54.3 cm³/mol. The maximum absolute atomic E-state index is 11.2. The molecular weight excluding hydrogens is 238 g/mol. The van der Waals surface area contributed by atoms with Crippen molar-refractivity contribution in [2.45, 2.75) is 11.8 Å². The molecule has 0 aliphatic heterocycles. The van der Waals surface area contributed by atoms with Gasteiger partial charge in [-0.15, -0.1) is 0 Å². The molecule has 0 saturated carbocycles. The average molecular weight is 244 g/mol. The lowest BCUT2D eigenvalue weighted by Crippen LogP contribution is -2.03. The Kier molecular flexibility index (Phi) is 3.12. The monoisotopic (exact) mass is 243 g/mol. The smallest absolute Gasteiger partial charge is 0.262 e. The Morgan fingerprint density at radius 3 is 2.47 bits per heavy atom. The highest BCUT2D eigenvalue weighted by molar-refractivity contribution is 8.13. The number of aryl methyl sites for hydroxylation is 1. The molecule has 0 aliphatic rings. The van der Waals surface area contributed by atoms with Crippen molar-refractivity contribution in [3.05, 3.63) is 28.8 Å². The van der Waals surface area contributed by atoms with Crippen LogP contribution in [0.4, 0.5) is 0 Å². The molecule has 0 radical (unpaired) electrons. The van der Waals surface area contributed by atoms with E-state index in [-0.39, 0.29) is 16.0 Å². The van der Waals surface area contributed by atoms with Gasteiger partial charge in [-0.3, -0.25) is 4.79 Å². The normalized spacial score (nSPS) is 10.7. The third-order valence-electron chi connectivity index (χ3n) is 1.88. The molecule has 0 unspecified atom stereocenters. The number of hydrogen-bond acceptors (Lipinski definition) is 4. The lowest BCUT2D eigenvalue weighted by atomic mass is 10.1. The number of halogens is 1. The number of aldehydes is 1. The molecule has 4 nitrogen and oxygen atoms in total. The zero-order valence-corrected chi connectivity index (χ0v) is 9.26. The van der Waals surface area contributed by atoms with Gasteiger partial charge in [-0.1, -0.05) is 6.07 Å². The quantitative estimate of drug-likeness (QED) is 0.584. The van der Waals surface area contributed by atoms with E-state index in [1.165, 1.54) is 19.1 Å². The molecule has 0 N–H and O–H groups in total. The van der Waals surface area contributed by atoms with Crippen LogP contribution >= 0.6 is 10.7 Å². The molecule has 0 fully saturated rings. The molecule has 1 aromatic carbocycles. The second-order valence-electron chi connectivity index (χ2n) is 2.84. The van der Waals surface area contributed by atoms with E-state index >= 15 is 0 Å².